The summed E-state index contributed by atoms with van der Waals surface area (Å²) < 4.78 is 13.4. The highest BCUT2D eigenvalue weighted by molar-refractivity contribution is 6.05. The molecule has 192 valence electrons. The monoisotopic (exact) mass is 502 g/mol. The van der Waals surface area contributed by atoms with Crippen molar-refractivity contribution in [3.8, 4) is 17.0 Å². The molecule has 2 amide bonds. The summed E-state index contributed by atoms with van der Waals surface area (Å²) in [6, 6.07) is 6.14. The third kappa shape index (κ3) is 3.99. The third-order valence-electron chi connectivity index (χ3n) is 7.92. The Morgan fingerprint density at radius 1 is 1.24 bits per heavy atom. The molecule has 4 aliphatic rings. The minimum atomic E-state index is -0.255. The Bertz CT molecular complexity index is 1420. The van der Waals surface area contributed by atoms with Gasteiger partial charge in [-0.05, 0) is 62.3 Å². The molecule has 10 nitrogen and oxygen atoms in total. The van der Waals surface area contributed by atoms with Crippen molar-refractivity contribution >= 4 is 23.3 Å². The highest BCUT2D eigenvalue weighted by Gasteiger charge is 2.40. The highest BCUT2D eigenvalue weighted by Crippen LogP contribution is 2.42. The molecule has 2 aromatic heterocycles. The zero-order valence-corrected chi connectivity index (χ0v) is 20.8. The van der Waals surface area contributed by atoms with E-state index in [1.165, 1.54) is 17.4 Å². The molecule has 3 N–H and O–H groups in total. The molecule has 37 heavy (non-hydrogen) atoms. The number of nitrogen functional groups attached to an aromatic ring is 1. The summed E-state index contributed by atoms with van der Waals surface area (Å²) in [6.07, 6.45) is 6.74. The largest absolute Gasteiger partial charge is 0.487 e. The Morgan fingerprint density at radius 2 is 2.08 bits per heavy atom. The van der Waals surface area contributed by atoms with Crippen LogP contribution in [0.4, 0.5) is 5.82 Å². The Labute approximate surface area is 214 Å². The standard InChI is InChI=1S/C27H30N6O4/c1-14(15-2-3-15)32-12-17-10-16(11-21(22(17)27(32)35)37-19-7-9-36-13-19)20-6-8-33-25(30-20)23(24(28)31-33)26(34)29-18-4-5-18/h6,8,10-11,14-15,18-19H,2-5,7,9,12-13H2,1H3,(H2,28,31)(H,29,34)/t14-,19+/m0/s1. The lowest BCUT2D eigenvalue weighted by atomic mass is 10.0. The smallest absolute Gasteiger partial charge is 0.259 e. The van der Waals surface area contributed by atoms with E-state index < -0.39 is 0 Å². The molecular formula is C27H30N6O4. The quantitative estimate of drug-likeness (QED) is 0.509. The van der Waals surface area contributed by atoms with E-state index in [9.17, 15) is 9.59 Å². The predicted molar refractivity (Wildman–Crippen MR) is 135 cm³/mol. The molecule has 4 heterocycles. The van der Waals surface area contributed by atoms with Gasteiger partial charge in [-0.2, -0.15) is 0 Å². The summed E-state index contributed by atoms with van der Waals surface area (Å²) in [5, 5.41) is 7.26. The van der Waals surface area contributed by atoms with Gasteiger partial charge in [0.05, 0.1) is 24.5 Å². The van der Waals surface area contributed by atoms with Gasteiger partial charge < -0.3 is 25.4 Å². The fraction of sp³-hybridized carbons (Fsp3) is 0.481. The maximum Gasteiger partial charge on any atom is 0.259 e. The van der Waals surface area contributed by atoms with E-state index in [0.717, 1.165) is 30.4 Å². The van der Waals surface area contributed by atoms with Gasteiger partial charge in [0.15, 0.2) is 11.5 Å². The van der Waals surface area contributed by atoms with Crippen LogP contribution >= 0.6 is 0 Å². The lowest BCUT2D eigenvalue weighted by Gasteiger charge is -2.24. The normalized spacial score (nSPS) is 21.9. The van der Waals surface area contributed by atoms with Gasteiger partial charge in [0.2, 0.25) is 0 Å². The van der Waals surface area contributed by atoms with Gasteiger partial charge in [-0.3, -0.25) is 9.59 Å². The van der Waals surface area contributed by atoms with E-state index in [1.807, 2.05) is 23.1 Å². The Hall–Kier alpha value is -3.66. The van der Waals surface area contributed by atoms with Crippen molar-refractivity contribution in [1.29, 1.82) is 0 Å². The summed E-state index contributed by atoms with van der Waals surface area (Å²) in [7, 11) is 0. The molecule has 10 heteroatoms. The number of nitrogens with two attached hydrogens (primary N) is 1. The minimum Gasteiger partial charge on any atom is -0.487 e. The molecule has 0 radical (unpaired) electrons. The molecule has 1 aromatic carbocycles. The van der Waals surface area contributed by atoms with Crippen LogP contribution < -0.4 is 15.8 Å². The second-order valence-corrected chi connectivity index (χ2v) is 10.7. The van der Waals surface area contributed by atoms with Crippen molar-refractivity contribution in [2.45, 2.75) is 63.8 Å². The minimum absolute atomic E-state index is 0.0286. The van der Waals surface area contributed by atoms with Gasteiger partial charge in [-0.1, -0.05) is 0 Å². The zero-order chi connectivity index (χ0) is 25.3. The lowest BCUT2D eigenvalue weighted by molar-refractivity contribution is 0.0691. The number of aromatic nitrogens is 3. The molecule has 2 aliphatic heterocycles. The maximum absolute atomic E-state index is 13.5. The summed E-state index contributed by atoms with van der Waals surface area (Å²) in [5.74, 6) is 1.06. The third-order valence-corrected chi connectivity index (χ3v) is 7.92. The maximum atomic E-state index is 13.5. The fourth-order valence-corrected chi connectivity index (χ4v) is 5.44. The first-order valence-corrected chi connectivity index (χ1v) is 13.1. The molecule has 1 saturated heterocycles. The van der Waals surface area contributed by atoms with E-state index >= 15 is 0 Å². The van der Waals surface area contributed by atoms with Crippen molar-refractivity contribution in [3.63, 3.8) is 0 Å². The van der Waals surface area contributed by atoms with Crippen LogP contribution in [0.25, 0.3) is 16.9 Å². The van der Waals surface area contributed by atoms with Crippen LogP contribution in [0.15, 0.2) is 24.4 Å². The molecule has 7 rings (SSSR count). The van der Waals surface area contributed by atoms with E-state index in [0.29, 0.717) is 48.3 Å². The number of amides is 2. The SMILES string of the molecule is C[C@@H](C1CC1)N1Cc2cc(-c3ccn4nc(N)c(C(=O)NC5CC5)c4n3)cc(O[C@@H]3CCOC3)c2C1=O. The van der Waals surface area contributed by atoms with Crippen molar-refractivity contribution in [2.24, 2.45) is 5.92 Å². The predicted octanol–water partition coefficient (Wildman–Crippen LogP) is 2.79. The average molecular weight is 503 g/mol. The molecule has 2 aliphatic carbocycles. The molecule has 3 aromatic rings. The second kappa shape index (κ2) is 8.44. The number of rotatable bonds is 7. The summed E-state index contributed by atoms with van der Waals surface area (Å²) >= 11 is 0. The summed E-state index contributed by atoms with van der Waals surface area (Å²) in [5.41, 5.74) is 9.85. The number of hydrogen-bond acceptors (Lipinski definition) is 7. The molecule has 0 bridgehead atoms. The van der Waals surface area contributed by atoms with Gasteiger partial charge >= 0.3 is 0 Å². The van der Waals surface area contributed by atoms with E-state index in [1.54, 1.807) is 6.20 Å². The van der Waals surface area contributed by atoms with Crippen LogP contribution in [-0.2, 0) is 11.3 Å². The topological polar surface area (TPSA) is 124 Å². The average Bonchev–Trinajstić information content (AvgIpc) is 3.78. The van der Waals surface area contributed by atoms with Crippen LogP contribution in [-0.4, -0.2) is 62.7 Å². The number of carbonyl (C=O) groups is 2. The zero-order valence-electron chi connectivity index (χ0n) is 20.8. The van der Waals surface area contributed by atoms with Crippen molar-refractivity contribution in [1.82, 2.24) is 24.8 Å². The molecule has 0 spiro atoms. The van der Waals surface area contributed by atoms with Crippen LogP contribution in [0, 0.1) is 5.92 Å². The molecule has 2 saturated carbocycles. The van der Waals surface area contributed by atoms with Crippen LogP contribution in [0.5, 0.6) is 5.75 Å². The van der Waals surface area contributed by atoms with Crippen LogP contribution in [0.3, 0.4) is 0 Å². The highest BCUT2D eigenvalue weighted by atomic mass is 16.5. The fourth-order valence-electron chi connectivity index (χ4n) is 5.44. The van der Waals surface area contributed by atoms with E-state index in [2.05, 4.69) is 17.3 Å². The Morgan fingerprint density at radius 3 is 2.81 bits per heavy atom. The number of fused-ring (bicyclic) bond motifs is 2. The van der Waals surface area contributed by atoms with E-state index in [4.69, 9.17) is 20.2 Å². The first-order chi connectivity index (χ1) is 18.0. The first-order valence-electron chi connectivity index (χ1n) is 13.1. The van der Waals surface area contributed by atoms with Crippen LogP contribution in [0.2, 0.25) is 0 Å². The number of benzene rings is 1. The van der Waals surface area contributed by atoms with Crippen LogP contribution in [0.1, 0.15) is 65.3 Å². The first kappa shape index (κ1) is 22.5. The lowest BCUT2D eigenvalue weighted by Crippen LogP contribution is -2.34. The Balaban J connectivity index is 1.29. The molecular weight excluding hydrogens is 472 g/mol. The second-order valence-electron chi connectivity index (χ2n) is 10.7. The summed E-state index contributed by atoms with van der Waals surface area (Å²) in [6.45, 7) is 3.85. The van der Waals surface area contributed by atoms with Gasteiger partial charge in [0.25, 0.3) is 11.8 Å². The number of anilines is 1. The summed E-state index contributed by atoms with van der Waals surface area (Å²) in [4.78, 5) is 33.2. The van der Waals surface area contributed by atoms with Gasteiger partial charge in [0, 0.05) is 36.8 Å². The number of hydrogen-bond donors (Lipinski definition) is 2. The molecule has 0 unspecified atom stereocenters. The number of carbonyl (C=O) groups excluding carboxylic acids is 2. The van der Waals surface area contributed by atoms with Gasteiger partial charge in [0.1, 0.15) is 17.4 Å². The van der Waals surface area contributed by atoms with Crippen molar-refractivity contribution in [2.75, 3.05) is 18.9 Å². The molecule has 2 atom stereocenters. The van der Waals surface area contributed by atoms with Crippen molar-refractivity contribution < 1.29 is 19.1 Å². The van der Waals surface area contributed by atoms with E-state index in [-0.39, 0.29) is 41.4 Å². The molecule has 3 fully saturated rings. The van der Waals surface area contributed by atoms with Gasteiger partial charge in [-0.25, -0.2) is 9.50 Å². The number of nitrogens with zero attached hydrogens (tertiary/aromatic N) is 4. The van der Waals surface area contributed by atoms with Gasteiger partial charge in [-0.15, -0.1) is 5.10 Å². The Kier molecular flexibility index (Phi) is 5.14. The number of nitrogens with one attached hydrogen (secondary N) is 1. The number of ether oxygens (including phenoxy) is 2. The van der Waals surface area contributed by atoms with Crippen molar-refractivity contribution in [3.05, 3.63) is 41.1 Å².